The van der Waals surface area contributed by atoms with Crippen LogP contribution >= 0.6 is 11.3 Å². The van der Waals surface area contributed by atoms with Crippen LogP contribution in [0.3, 0.4) is 0 Å². The third-order valence-electron chi connectivity index (χ3n) is 5.02. The number of halogens is 2. The molecule has 0 N–H and O–H groups in total. The molecular formula is C20H18F2N2O2S. The maximum atomic E-state index is 14.2. The summed E-state index contributed by atoms with van der Waals surface area (Å²) < 4.78 is 27.3. The molecule has 0 fully saturated rings. The molecule has 1 aliphatic rings. The highest BCUT2D eigenvalue weighted by atomic mass is 32.1. The van der Waals surface area contributed by atoms with E-state index in [1.165, 1.54) is 36.8 Å². The quantitative estimate of drug-likeness (QED) is 0.480. The molecule has 1 aliphatic carbocycles. The van der Waals surface area contributed by atoms with Gasteiger partial charge in [0.1, 0.15) is 16.6 Å². The van der Waals surface area contributed by atoms with Gasteiger partial charge in [-0.3, -0.25) is 4.98 Å². The molecule has 1 aromatic carbocycles. The second-order valence-corrected chi connectivity index (χ2v) is 7.81. The molecule has 3 aromatic rings. The first-order chi connectivity index (χ1) is 13.0. The van der Waals surface area contributed by atoms with Crippen molar-refractivity contribution in [3.05, 3.63) is 69.9 Å². The van der Waals surface area contributed by atoms with Crippen molar-refractivity contribution in [2.24, 2.45) is 0 Å². The Morgan fingerprint density at radius 2 is 2.04 bits per heavy atom. The minimum Gasteiger partial charge on any atom is -0.251 e. The first-order valence-electron chi connectivity index (χ1n) is 8.54. The van der Waals surface area contributed by atoms with E-state index in [1.54, 1.807) is 19.1 Å². The summed E-state index contributed by atoms with van der Waals surface area (Å²) in [6, 6.07) is 8.13. The summed E-state index contributed by atoms with van der Waals surface area (Å²) in [5.74, 6) is -0.608. The Hall–Kier alpha value is -2.22. The molecule has 0 radical (unpaired) electrons. The molecule has 4 rings (SSSR count). The number of benzene rings is 1. The smallest absolute Gasteiger partial charge is 0.142 e. The van der Waals surface area contributed by atoms with Crippen molar-refractivity contribution in [1.82, 2.24) is 9.97 Å². The van der Waals surface area contributed by atoms with Crippen LogP contribution in [0.5, 0.6) is 0 Å². The van der Waals surface area contributed by atoms with E-state index in [0.29, 0.717) is 30.7 Å². The second kappa shape index (κ2) is 7.07. The third kappa shape index (κ3) is 3.26. The Labute approximate surface area is 159 Å². The van der Waals surface area contributed by atoms with E-state index in [2.05, 4.69) is 4.98 Å². The average molecular weight is 388 g/mol. The minimum atomic E-state index is -0.425. The minimum absolute atomic E-state index is 0.233. The Balaban J connectivity index is 1.69. The molecule has 1 unspecified atom stereocenters. The van der Waals surface area contributed by atoms with Gasteiger partial charge in [0.25, 0.3) is 0 Å². The van der Waals surface area contributed by atoms with Gasteiger partial charge in [0, 0.05) is 16.7 Å². The molecule has 0 aliphatic heterocycles. The van der Waals surface area contributed by atoms with Gasteiger partial charge in [-0.1, -0.05) is 12.1 Å². The summed E-state index contributed by atoms with van der Waals surface area (Å²) in [6.45, 7) is 2.09. The van der Waals surface area contributed by atoms with Gasteiger partial charge in [-0.25, -0.2) is 23.5 Å². The van der Waals surface area contributed by atoms with Gasteiger partial charge in [-0.15, -0.1) is 11.3 Å². The number of hydrogen-bond donors (Lipinski definition) is 0. The molecule has 2 heterocycles. The number of fused-ring (bicyclic) bond motifs is 1. The SMILES string of the molecule is COOCC1(c2cccc(F)c2C)Cc2nc(-c3ccc(F)cn3)sc2C1. The zero-order valence-corrected chi connectivity index (χ0v) is 15.8. The highest BCUT2D eigenvalue weighted by Gasteiger charge is 2.43. The first kappa shape index (κ1) is 18.2. The highest BCUT2D eigenvalue weighted by molar-refractivity contribution is 7.15. The topological polar surface area (TPSA) is 44.2 Å². The summed E-state index contributed by atoms with van der Waals surface area (Å²) in [5, 5.41) is 0.761. The van der Waals surface area contributed by atoms with Crippen LogP contribution in [0.4, 0.5) is 8.78 Å². The Kier molecular flexibility index (Phi) is 4.75. The van der Waals surface area contributed by atoms with Gasteiger partial charge in [-0.2, -0.15) is 0 Å². The van der Waals surface area contributed by atoms with Crippen LogP contribution in [0.2, 0.25) is 0 Å². The average Bonchev–Trinajstić information content (AvgIpc) is 3.19. The number of aromatic nitrogens is 2. The number of rotatable bonds is 5. The lowest BCUT2D eigenvalue weighted by Gasteiger charge is -2.30. The molecule has 0 bridgehead atoms. The predicted molar refractivity (Wildman–Crippen MR) is 98.5 cm³/mol. The van der Waals surface area contributed by atoms with E-state index < -0.39 is 5.41 Å². The van der Waals surface area contributed by atoms with E-state index >= 15 is 0 Å². The largest absolute Gasteiger partial charge is 0.251 e. The fourth-order valence-electron chi connectivity index (χ4n) is 3.69. The van der Waals surface area contributed by atoms with Crippen molar-refractivity contribution in [2.45, 2.75) is 25.2 Å². The molecule has 0 saturated heterocycles. The van der Waals surface area contributed by atoms with Crippen LogP contribution in [0.1, 0.15) is 21.7 Å². The number of pyridine rings is 1. The Bertz CT molecular complexity index is 949. The van der Waals surface area contributed by atoms with Gasteiger partial charge < -0.3 is 0 Å². The monoisotopic (exact) mass is 388 g/mol. The van der Waals surface area contributed by atoms with Crippen LogP contribution < -0.4 is 0 Å². The van der Waals surface area contributed by atoms with Crippen molar-refractivity contribution >= 4 is 11.3 Å². The second-order valence-electron chi connectivity index (χ2n) is 6.73. The molecule has 1 atom stereocenters. The predicted octanol–water partition coefficient (Wildman–Crippen LogP) is 4.41. The van der Waals surface area contributed by atoms with Gasteiger partial charge >= 0.3 is 0 Å². The summed E-state index contributed by atoms with van der Waals surface area (Å²) >= 11 is 1.54. The molecule has 7 heteroatoms. The molecule has 0 spiro atoms. The maximum absolute atomic E-state index is 14.2. The van der Waals surface area contributed by atoms with Gasteiger partial charge in [-0.05, 0) is 42.7 Å². The fourth-order valence-corrected chi connectivity index (χ4v) is 4.88. The molecule has 0 amide bonds. The van der Waals surface area contributed by atoms with Crippen molar-refractivity contribution in [1.29, 1.82) is 0 Å². The molecule has 140 valence electrons. The van der Waals surface area contributed by atoms with Gasteiger partial charge in [0.2, 0.25) is 0 Å². The molecule has 2 aromatic heterocycles. The van der Waals surface area contributed by atoms with Crippen molar-refractivity contribution in [2.75, 3.05) is 13.7 Å². The maximum Gasteiger partial charge on any atom is 0.142 e. The Morgan fingerprint density at radius 3 is 2.74 bits per heavy atom. The standard InChI is InChI=1S/C20H18F2N2O2S/c1-12-14(4-3-5-15(12)22)20(11-26-25-2)8-17-18(9-20)27-19(24-17)16-7-6-13(21)10-23-16/h3-7,10H,8-9,11H2,1-2H3. The van der Waals surface area contributed by atoms with E-state index in [9.17, 15) is 8.78 Å². The van der Waals surface area contributed by atoms with Crippen LogP contribution in [-0.4, -0.2) is 23.7 Å². The lowest BCUT2D eigenvalue weighted by molar-refractivity contribution is -0.282. The lowest BCUT2D eigenvalue weighted by atomic mass is 9.77. The van der Waals surface area contributed by atoms with E-state index in [1.807, 2.05) is 6.07 Å². The summed E-state index contributed by atoms with van der Waals surface area (Å²) in [6.07, 6.45) is 2.48. The van der Waals surface area contributed by atoms with Crippen molar-refractivity contribution in [3.8, 4) is 10.7 Å². The number of nitrogens with zero attached hydrogens (tertiary/aromatic N) is 2. The zero-order valence-electron chi connectivity index (χ0n) is 15.0. The van der Waals surface area contributed by atoms with E-state index in [0.717, 1.165) is 21.1 Å². The number of hydrogen-bond acceptors (Lipinski definition) is 5. The fraction of sp³-hybridized carbons (Fsp3) is 0.300. The van der Waals surface area contributed by atoms with Crippen molar-refractivity contribution in [3.63, 3.8) is 0 Å². The molecule has 27 heavy (non-hydrogen) atoms. The first-order valence-corrected chi connectivity index (χ1v) is 9.36. The van der Waals surface area contributed by atoms with Gasteiger partial charge in [0.05, 0.1) is 31.3 Å². The zero-order chi connectivity index (χ0) is 19.0. The summed E-state index contributed by atoms with van der Waals surface area (Å²) in [7, 11) is 1.47. The Morgan fingerprint density at radius 1 is 1.19 bits per heavy atom. The third-order valence-corrected chi connectivity index (χ3v) is 6.14. The number of thiazole rings is 1. The molecular weight excluding hydrogens is 370 g/mol. The summed E-state index contributed by atoms with van der Waals surface area (Å²) in [4.78, 5) is 20.1. The van der Waals surface area contributed by atoms with Crippen LogP contribution in [0.25, 0.3) is 10.7 Å². The van der Waals surface area contributed by atoms with Crippen LogP contribution in [-0.2, 0) is 28.0 Å². The van der Waals surface area contributed by atoms with Gasteiger partial charge in [0.15, 0.2) is 0 Å². The highest BCUT2D eigenvalue weighted by Crippen LogP contribution is 2.45. The van der Waals surface area contributed by atoms with Crippen LogP contribution in [0.15, 0.2) is 36.5 Å². The molecule has 4 nitrogen and oxygen atoms in total. The lowest BCUT2D eigenvalue weighted by Crippen LogP contribution is -2.34. The summed E-state index contributed by atoms with van der Waals surface area (Å²) in [5.41, 5.74) is 2.70. The van der Waals surface area contributed by atoms with Crippen LogP contribution in [0, 0.1) is 18.6 Å². The van der Waals surface area contributed by atoms with E-state index in [-0.39, 0.29) is 11.6 Å². The van der Waals surface area contributed by atoms with Crippen molar-refractivity contribution < 1.29 is 18.6 Å². The normalized spacial score (nSPS) is 18.7. The molecule has 0 saturated carbocycles. The van der Waals surface area contributed by atoms with E-state index in [4.69, 9.17) is 14.8 Å².